The summed E-state index contributed by atoms with van der Waals surface area (Å²) < 4.78 is 16.7. The van der Waals surface area contributed by atoms with Gasteiger partial charge in [0.05, 0.1) is 13.7 Å². The van der Waals surface area contributed by atoms with Crippen molar-refractivity contribution in [2.24, 2.45) is 0 Å². The minimum absolute atomic E-state index is 0.364. The maximum Gasteiger partial charge on any atom is 0.341 e. The molecule has 0 saturated heterocycles. The van der Waals surface area contributed by atoms with Gasteiger partial charge in [-0.3, -0.25) is 0 Å². The number of carbonyl (C=O) groups excluding carboxylic acids is 1. The molecule has 0 atom stereocenters. The second-order valence-electron chi connectivity index (χ2n) is 4.45. The molecule has 2 aromatic rings. The van der Waals surface area contributed by atoms with Crippen LogP contribution in [0.25, 0.3) is 0 Å². The van der Waals surface area contributed by atoms with Crippen LogP contribution in [0.5, 0.6) is 11.5 Å². The van der Waals surface area contributed by atoms with Crippen molar-refractivity contribution in [2.75, 3.05) is 13.7 Å². The van der Waals surface area contributed by atoms with Gasteiger partial charge in [0.15, 0.2) is 5.75 Å². The molecule has 0 amide bonds. The fourth-order valence-corrected chi connectivity index (χ4v) is 2.52. The number of halogens is 1. The maximum atomic E-state index is 11.8. The molecule has 0 bridgehead atoms. The number of benzene rings is 2. The van der Waals surface area contributed by atoms with Gasteiger partial charge in [-0.1, -0.05) is 30.3 Å². The van der Waals surface area contributed by atoms with Crippen molar-refractivity contribution in [3.8, 4) is 11.5 Å². The molecule has 0 aromatic heterocycles. The lowest BCUT2D eigenvalue weighted by molar-refractivity contribution is 0.0596. The van der Waals surface area contributed by atoms with Crippen LogP contribution in [-0.2, 0) is 11.3 Å². The highest BCUT2D eigenvalue weighted by atomic mass is 79.9. The Kier molecular flexibility index (Phi) is 5.83. The molecule has 4 nitrogen and oxygen atoms in total. The second kappa shape index (κ2) is 7.84. The molecule has 0 aliphatic carbocycles. The van der Waals surface area contributed by atoms with Crippen molar-refractivity contribution in [2.45, 2.75) is 13.5 Å². The Labute approximate surface area is 138 Å². The molecule has 116 valence electrons. The molecule has 0 radical (unpaired) electrons. The van der Waals surface area contributed by atoms with Crippen molar-refractivity contribution in [3.05, 3.63) is 58.1 Å². The number of hydrogen-bond donors (Lipinski definition) is 0. The zero-order chi connectivity index (χ0) is 15.9. The molecule has 0 fully saturated rings. The monoisotopic (exact) mass is 364 g/mol. The van der Waals surface area contributed by atoms with Crippen LogP contribution in [0.3, 0.4) is 0 Å². The summed E-state index contributed by atoms with van der Waals surface area (Å²) in [4.78, 5) is 11.8. The van der Waals surface area contributed by atoms with E-state index in [0.717, 1.165) is 5.56 Å². The Morgan fingerprint density at radius 1 is 1.09 bits per heavy atom. The third-order valence-electron chi connectivity index (χ3n) is 2.99. The predicted octanol–water partition coefficient (Wildman–Crippen LogP) is 4.21. The SMILES string of the molecule is CCOc1c(C(=O)OC)ccc(OCc2ccccc2)c1Br. The van der Waals surface area contributed by atoms with Gasteiger partial charge in [0.1, 0.15) is 22.4 Å². The zero-order valence-corrected chi connectivity index (χ0v) is 14.1. The van der Waals surface area contributed by atoms with Crippen LogP contribution < -0.4 is 9.47 Å². The van der Waals surface area contributed by atoms with Crippen molar-refractivity contribution >= 4 is 21.9 Å². The number of rotatable bonds is 6. The molecule has 2 rings (SSSR count). The Bertz CT molecular complexity index is 641. The Hall–Kier alpha value is -2.01. The minimum atomic E-state index is -0.446. The van der Waals surface area contributed by atoms with Crippen molar-refractivity contribution in [1.29, 1.82) is 0 Å². The predicted molar refractivity (Wildman–Crippen MR) is 87.4 cm³/mol. The Morgan fingerprint density at radius 3 is 2.45 bits per heavy atom. The molecular formula is C17H17BrO4. The van der Waals surface area contributed by atoms with Gasteiger partial charge < -0.3 is 14.2 Å². The van der Waals surface area contributed by atoms with E-state index in [1.54, 1.807) is 12.1 Å². The average molecular weight is 365 g/mol. The van der Waals surface area contributed by atoms with Crippen LogP contribution in [-0.4, -0.2) is 19.7 Å². The van der Waals surface area contributed by atoms with Gasteiger partial charge in [-0.2, -0.15) is 0 Å². The quantitative estimate of drug-likeness (QED) is 0.720. The summed E-state index contributed by atoms with van der Waals surface area (Å²) in [6.45, 7) is 2.72. The molecule has 0 N–H and O–H groups in total. The summed E-state index contributed by atoms with van der Waals surface area (Å²) in [7, 11) is 1.34. The van der Waals surface area contributed by atoms with E-state index in [2.05, 4.69) is 15.9 Å². The van der Waals surface area contributed by atoms with Crippen molar-refractivity contribution < 1.29 is 19.0 Å². The highest BCUT2D eigenvalue weighted by Gasteiger charge is 2.19. The summed E-state index contributed by atoms with van der Waals surface area (Å²) in [6, 6.07) is 13.2. The molecule has 2 aromatic carbocycles. The average Bonchev–Trinajstić information content (AvgIpc) is 2.56. The molecule has 0 spiro atoms. The first-order chi connectivity index (χ1) is 10.7. The second-order valence-corrected chi connectivity index (χ2v) is 5.25. The van der Waals surface area contributed by atoms with E-state index in [4.69, 9.17) is 14.2 Å². The Balaban J connectivity index is 2.25. The van der Waals surface area contributed by atoms with E-state index >= 15 is 0 Å². The molecule has 22 heavy (non-hydrogen) atoms. The van der Waals surface area contributed by atoms with E-state index in [0.29, 0.717) is 34.7 Å². The number of esters is 1. The largest absolute Gasteiger partial charge is 0.492 e. The lowest BCUT2D eigenvalue weighted by Gasteiger charge is -2.15. The fourth-order valence-electron chi connectivity index (χ4n) is 1.94. The standard InChI is InChI=1S/C17H17BrO4/c1-3-21-16-13(17(19)20-2)9-10-14(15(16)18)22-11-12-7-5-4-6-8-12/h4-10H,3,11H2,1-2H3. The normalized spacial score (nSPS) is 10.1. The van der Waals surface area contributed by atoms with Gasteiger partial charge in [-0.05, 0) is 40.5 Å². The third-order valence-corrected chi connectivity index (χ3v) is 3.74. The molecule has 0 saturated carbocycles. The van der Waals surface area contributed by atoms with Gasteiger partial charge >= 0.3 is 5.97 Å². The highest BCUT2D eigenvalue weighted by molar-refractivity contribution is 9.10. The first kappa shape index (κ1) is 16.4. The third kappa shape index (κ3) is 3.80. The number of hydrogen-bond acceptors (Lipinski definition) is 4. The molecule has 0 aliphatic rings. The minimum Gasteiger partial charge on any atom is -0.492 e. The maximum absolute atomic E-state index is 11.8. The molecular weight excluding hydrogens is 348 g/mol. The lowest BCUT2D eigenvalue weighted by atomic mass is 10.2. The smallest absolute Gasteiger partial charge is 0.341 e. The topological polar surface area (TPSA) is 44.8 Å². The van der Waals surface area contributed by atoms with Gasteiger partial charge in [0, 0.05) is 0 Å². The van der Waals surface area contributed by atoms with Crippen LogP contribution in [0.4, 0.5) is 0 Å². The van der Waals surface area contributed by atoms with Crippen molar-refractivity contribution in [1.82, 2.24) is 0 Å². The Morgan fingerprint density at radius 2 is 1.82 bits per heavy atom. The van der Waals surface area contributed by atoms with E-state index in [-0.39, 0.29) is 0 Å². The lowest BCUT2D eigenvalue weighted by Crippen LogP contribution is -2.07. The first-order valence-electron chi connectivity index (χ1n) is 6.87. The molecule has 0 unspecified atom stereocenters. The molecule has 5 heteroatoms. The summed E-state index contributed by atoms with van der Waals surface area (Å²) in [5.74, 6) is 0.596. The van der Waals surface area contributed by atoms with Crippen molar-refractivity contribution in [3.63, 3.8) is 0 Å². The summed E-state index contributed by atoms with van der Waals surface area (Å²) in [5, 5.41) is 0. The van der Waals surface area contributed by atoms with E-state index in [9.17, 15) is 4.79 Å². The summed E-state index contributed by atoms with van der Waals surface area (Å²) >= 11 is 3.45. The van der Waals surface area contributed by atoms with Crippen LogP contribution in [0, 0.1) is 0 Å². The number of carbonyl (C=O) groups is 1. The highest BCUT2D eigenvalue weighted by Crippen LogP contribution is 2.38. The first-order valence-corrected chi connectivity index (χ1v) is 7.67. The van der Waals surface area contributed by atoms with E-state index < -0.39 is 5.97 Å². The van der Waals surface area contributed by atoms with Gasteiger partial charge in [-0.15, -0.1) is 0 Å². The van der Waals surface area contributed by atoms with Crippen LogP contribution >= 0.6 is 15.9 Å². The van der Waals surface area contributed by atoms with Crippen LogP contribution in [0.15, 0.2) is 46.9 Å². The fraction of sp³-hybridized carbons (Fsp3) is 0.235. The number of ether oxygens (including phenoxy) is 3. The van der Waals surface area contributed by atoms with E-state index in [1.807, 2.05) is 37.3 Å². The van der Waals surface area contributed by atoms with Crippen LogP contribution in [0.1, 0.15) is 22.8 Å². The molecule has 0 aliphatic heterocycles. The summed E-state index contributed by atoms with van der Waals surface area (Å²) in [5.41, 5.74) is 1.42. The van der Waals surface area contributed by atoms with Gasteiger partial charge in [0.25, 0.3) is 0 Å². The number of methoxy groups -OCH3 is 1. The summed E-state index contributed by atoms with van der Waals surface area (Å²) in [6.07, 6.45) is 0. The molecule has 0 heterocycles. The van der Waals surface area contributed by atoms with E-state index in [1.165, 1.54) is 7.11 Å². The van der Waals surface area contributed by atoms with Crippen LogP contribution in [0.2, 0.25) is 0 Å². The zero-order valence-electron chi connectivity index (χ0n) is 12.5. The van der Waals surface area contributed by atoms with Gasteiger partial charge in [0.2, 0.25) is 0 Å². The van der Waals surface area contributed by atoms with Gasteiger partial charge in [-0.25, -0.2) is 4.79 Å².